The summed E-state index contributed by atoms with van der Waals surface area (Å²) in [6.45, 7) is 3.93. The standard InChI is InChI=1S/C27H24FN7O4/c1-15(2)35-14-23(25(34-35)16-4-7-24-17(10-16)13-31-39-24)33-27(37)32-21-6-5-18(11-20(21)28)38-19-8-9-30-22(12-19)26(36)29-3/h4-15H,1-3H3,(H,29,36)(H2,32,33,37). The van der Waals surface area contributed by atoms with E-state index >= 15 is 0 Å². The molecule has 0 spiro atoms. The number of pyridine rings is 1. The molecule has 0 radical (unpaired) electrons. The number of carbonyl (C=O) groups is 2. The number of hydrogen-bond donors (Lipinski definition) is 3. The minimum atomic E-state index is -0.709. The fourth-order valence-electron chi connectivity index (χ4n) is 3.78. The zero-order valence-corrected chi connectivity index (χ0v) is 21.2. The number of nitrogens with zero attached hydrogens (tertiary/aromatic N) is 4. The van der Waals surface area contributed by atoms with Gasteiger partial charge in [0.05, 0.1) is 17.6 Å². The van der Waals surface area contributed by atoms with E-state index in [4.69, 9.17) is 9.26 Å². The van der Waals surface area contributed by atoms with Gasteiger partial charge in [-0.25, -0.2) is 9.18 Å². The molecule has 2 aromatic carbocycles. The predicted octanol–water partition coefficient (Wildman–Crippen LogP) is 5.60. The van der Waals surface area contributed by atoms with E-state index in [0.717, 1.165) is 17.0 Å². The van der Waals surface area contributed by atoms with Crippen LogP contribution in [-0.4, -0.2) is 38.9 Å². The van der Waals surface area contributed by atoms with Crippen LogP contribution < -0.4 is 20.7 Å². The first-order valence-corrected chi connectivity index (χ1v) is 12.0. The number of aromatic nitrogens is 4. The Morgan fingerprint density at radius 3 is 2.59 bits per heavy atom. The second-order valence-electron chi connectivity index (χ2n) is 8.82. The molecule has 198 valence electrons. The molecule has 3 aromatic heterocycles. The highest BCUT2D eigenvalue weighted by Crippen LogP contribution is 2.31. The first-order chi connectivity index (χ1) is 18.8. The first-order valence-electron chi connectivity index (χ1n) is 12.0. The highest BCUT2D eigenvalue weighted by Gasteiger charge is 2.17. The highest BCUT2D eigenvalue weighted by atomic mass is 19.1. The van der Waals surface area contributed by atoms with Crippen molar-refractivity contribution in [2.24, 2.45) is 0 Å². The van der Waals surface area contributed by atoms with Crippen molar-refractivity contribution >= 4 is 34.3 Å². The lowest BCUT2D eigenvalue weighted by atomic mass is 10.1. The quantitative estimate of drug-likeness (QED) is 0.250. The Morgan fingerprint density at radius 1 is 1.03 bits per heavy atom. The topological polar surface area (TPSA) is 136 Å². The molecule has 39 heavy (non-hydrogen) atoms. The van der Waals surface area contributed by atoms with Gasteiger partial charge in [0.1, 0.15) is 28.7 Å². The van der Waals surface area contributed by atoms with Crippen LogP contribution in [-0.2, 0) is 0 Å². The van der Waals surface area contributed by atoms with Gasteiger partial charge < -0.3 is 25.2 Å². The molecule has 3 N–H and O–H groups in total. The van der Waals surface area contributed by atoms with Crippen molar-refractivity contribution in [1.82, 2.24) is 25.2 Å². The van der Waals surface area contributed by atoms with E-state index in [2.05, 4.69) is 31.2 Å². The number of hydrogen-bond acceptors (Lipinski definition) is 7. The summed E-state index contributed by atoms with van der Waals surface area (Å²) < 4.78 is 27.4. The maximum atomic E-state index is 14.9. The minimum absolute atomic E-state index is 0.0412. The molecule has 11 nitrogen and oxygen atoms in total. The molecule has 0 aliphatic rings. The summed E-state index contributed by atoms with van der Waals surface area (Å²) in [5.41, 5.74) is 2.48. The normalized spacial score (nSPS) is 11.0. The lowest BCUT2D eigenvalue weighted by Gasteiger charge is -2.11. The molecule has 3 amide bonds. The van der Waals surface area contributed by atoms with Crippen molar-refractivity contribution in [3.05, 3.63) is 78.6 Å². The van der Waals surface area contributed by atoms with Gasteiger partial charge in [-0.15, -0.1) is 0 Å². The van der Waals surface area contributed by atoms with Gasteiger partial charge in [0.2, 0.25) is 0 Å². The fraction of sp³-hybridized carbons (Fsp3) is 0.148. The summed E-state index contributed by atoms with van der Waals surface area (Å²) in [5.74, 6) is -0.602. The van der Waals surface area contributed by atoms with Crippen molar-refractivity contribution in [1.29, 1.82) is 0 Å². The number of anilines is 2. The average Bonchev–Trinajstić information content (AvgIpc) is 3.56. The summed E-state index contributed by atoms with van der Waals surface area (Å²) in [6, 6.07) is 11.8. The van der Waals surface area contributed by atoms with E-state index in [1.54, 1.807) is 29.2 Å². The van der Waals surface area contributed by atoms with Gasteiger partial charge >= 0.3 is 6.03 Å². The van der Waals surface area contributed by atoms with E-state index in [1.165, 1.54) is 31.4 Å². The third-order valence-electron chi connectivity index (χ3n) is 5.75. The summed E-state index contributed by atoms with van der Waals surface area (Å²) in [7, 11) is 1.49. The predicted molar refractivity (Wildman–Crippen MR) is 142 cm³/mol. The van der Waals surface area contributed by atoms with Gasteiger partial charge in [-0.05, 0) is 50.2 Å². The van der Waals surface area contributed by atoms with Crippen LogP contribution in [0.25, 0.3) is 22.2 Å². The van der Waals surface area contributed by atoms with Crippen LogP contribution in [0.15, 0.2) is 71.6 Å². The summed E-state index contributed by atoms with van der Waals surface area (Å²) >= 11 is 0. The fourth-order valence-corrected chi connectivity index (χ4v) is 3.78. The zero-order valence-electron chi connectivity index (χ0n) is 21.2. The molecular weight excluding hydrogens is 505 g/mol. The van der Waals surface area contributed by atoms with Crippen molar-refractivity contribution in [2.45, 2.75) is 19.9 Å². The smallest absolute Gasteiger partial charge is 0.323 e. The molecular formula is C27H24FN7O4. The van der Waals surface area contributed by atoms with E-state index in [1.807, 2.05) is 26.0 Å². The van der Waals surface area contributed by atoms with Crippen LogP contribution in [0.2, 0.25) is 0 Å². The van der Waals surface area contributed by atoms with E-state index < -0.39 is 11.8 Å². The number of rotatable bonds is 7. The average molecular weight is 530 g/mol. The number of halogens is 1. The molecule has 0 bridgehead atoms. The monoisotopic (exact) mass is 529 g/mol. The summed E-state index contributed by atoms with van der Waals surface area (Å²) in [6.07, 6.45) is 4.73. The van der Waals surface area contributed by atoms with E-state index in [0.29, 0.717) is 22.7 Å². The van der Waals surface area contributed by atoms with Crippen LogP contribution in [0.4, 0.5) is 20.6 Å². The molecule has 0 aliphatic heterocycles. The minimum Gasteiger partial charge on any atom is -0.457 e. The van der Waals surface area contributed by atoms with Gasteiger partial charge in [-0.2, -0.15) is 5.10 Å². The second-order valence-corrected chi connectivity index (χ2v) is 8.82. The Labute approximate surface area is 222 Å². The van der Waals surface area contributed by atoms with Crippen LogP contribution in [0, 0.1) is 5.82 Å². The molecule has 0 saturated carbocycles. The van der Waals surface area contributed by atoms with E-state index in [9.17, 15) is 14.0 Å². The molecule has 12 heteroatoms. The van der Waals surface area contributed by atoms with E-state index in [-0.39, 0.29) is 29.1 Å². The third-order valence-corrected chi connectivity index (χ3v) is 5.75. The van der Waals surface area contributed by atoms with Gasteiger partial charge in [-0.3, -0.25) is 14.5 Å². The van der Waals surface area contributed by atoms with Gasteiger partial charge in [0, 0.05) is 48.6 Å². The Kier molecular flexibility index (Phi) is 6.91. The number of nitrogens with one attached hydrogen (secondary N) is 3. The van der Waals surface area contributed by atoms with Crippen LogP contribution in [0.5, 0.6) is 11.5 Å². The Hall–Kier alpha value is -5.26. The first kappa shape index (κ1) is 25.4. The van der Waals surface area contributed by atoms with Crippen molar-refractivity contribution in [3.8, 4) is 22.8 Å². The molecule has 0 atom stereocenters. The third kappa shape index (κ3) is 5.54. The largest absolute Gasteiger partial charge is 0.457 e. The molecule has 3 heterocycles. The van der Waals surface area contributed by atoms with Gasteiger partial charge in [0.15, 0.2) is 5.58 Å². The number of urea groups is 1. The molecule has 0 unspecified atom stereocenters. The molecule has 5 aromatic rings. The van der Waals surface area contributed by atoms with Gasteiger partial charge in [0.25, 0.3) is 5.91 Å². The SMILES string of the molecule is CNC(=O)c1cc(Oc2ccc(NC(=O)Nc3cn(C(C)C)nc3-c3ccc4oncc4c3)c(F)c2)ccn1. The maximum absolute atomic E-state index is 14.9. The molecule has 0 fully saturated rings. The number of amides is 3. The lowest BCUT2D eigenvalue weighted by Crippen LogP contribution is -2.20. The van der Waals surface area contributed by atoms with Crippen molar-refractivity contribution < 1.29 is 23.2 Å². The van der Waals surface area contributed by atoms with Crippen LogP contribution >= 0.6 is 0 Å². The Balaban J connectivity index is 1.32. The van der Waals surface area contributed by atoms with Crippen molar-refractivity contribution in [2.75, 3.05) is 17.7 Å². The number of ether oxygens (including phenoxy) is 1. The van der Waals surface area contributed by atoms with Crippen molar-refractivity contribution in [3.63, 3.8) is 0 Å². The molecule has 0 aliphatic carbocycles. The summed E-state index contributed by atoms with van der Waals surface area (Å²) in [5, 5.41) is 17.0. The highest BCUT2D eigenvalue weighted by molar-refractivity contribution is 6.02. The Morgan fingerprint density at radius 2 is 1.82 bits per heavy atom. The Bertz CT molecular complexity index is 1680. The van der Waals surface area contributed by atoms with Crippen LogP contribution in [0.3, 0.4) is 0 Å². The zero-order chi connectivity index (χ0) is 27.5. The van der Waals surface area contributed by atoms with Gasteiger partial charge in [-0.1, -0.05) is 5.16 Å². The maximum Gasteiger partial charge on any atom is 0.323 e. The number of fused-ring (bicyclic) bond motifs is 1. The number of carbonyl (C=O) groups excluding carboxylic acids is 2. The second kappa shape index (κ2) is 10.6. The molecule has 0 saturated heterocycles. The summed E-state index contributed by atoms with van der Waals surface area (Å²) in [4.78, 5) is 28.6. The lowest BCUT2D eigenvalue weighted by molar-refractivity contribution is 0.0957. The number of benzene rings is 2. The van der Waals surface area contributed by atoms with Crippen LogP contribution in [0.1, 0.15) is 30.4 Å². The molecule has 5 rings (SSSR count).